The number of rotatable bonds is 5. The van der Waals surface area contributed by atoms with Crippen LogP contribution in [0.3, 0.4) is 0 Å². The van der Waals surface area contributed by atoms with Crippen LogP contribution in [-0.2, 0) is 11.2 Å². The number of Topliss-reactive ketones (excluding diaryl/α,β-unsaturated/α-hetero) is 1. The van der Waals surface area contributed by atoms with E-state index in [1.807, 2.05) is 25.1 Å². The second-order valence-corrected chi connectivity index (χ2v) is 8.49. The number of aryl methyl sites for hydroxylation is 1. The third-order valence-electron chi connectivity index (χ3n) is 4.22. The summed E-state index contributed by atoms with van der Waals surface area (Å²) in [4.78, 5) is 29.2. The Morgan fingerprint density at radius 3 is 2.69 bits per heavy atom. The highest BCUT2D eigenvalue weighted by Gasteiger charge is 2.20. The number of nitrogens with one attached hydrogen (secondary N) is 1. The summed E-state index contributed by atoms with van der Waals surface area (Å²) in [6.07, 6.45) is 3.76. The van der Waals surface area contributed by atoms with Crippen LogP contribution < -0.4 is 0 Å². The summed E-state index contributed by atoms with van der Waals surface area (Å²) < 4.78 is 0. The molecule has 0 saturated heterocycles. The van der Waals surface area contributed by atoms with Gasteiger partial charge >= 0.3 is 0 Å². The Hall–Kier alpha value is -2.54. The summed E-state index contributed by atoms with van der Waals surface area (Å²) in [5.41, 5.74) is 4.07. The number of thiazole rings is 1. The van der Waals surface area contributed by atoms with Gasteiger partial charge in [0.2, 0.25) is 0 Å². The molecule has 0 radical (unpaired) electrons. The minimum Gasteiger partial charge on any atom is -0.341 e. The zero-order valence-corrected chi connectivity index (χ0v) is 18.0. The Morgan fingerprint density at radius 1 is 1.17 bits per heavy atom. The van der Waals surface area contributed by atoms with Gasteiger partial charge in [-0.1, -0.05) is 23.2 Å². The van der Waals surface area contributed by atoms with Crippen molar-refractivity contribution in [3.8, 4) is 32.5 Å². The van der Waals surface area contributed by atoms with E-state index in [0.29, 0.717) is 22.2 Å². The van der Waals surface area contributed by atoms with E-state index in [-0.39, 0.29) is 5.78 Å². The predicted molar refractivity (Wildman–Crippen MR) is 118 cm³/mol. The Labute approximate surface area is 181 Å². The normalized spacial score (nSPS) is 11.0. The standard InChI is InChI=1S/C21H16Cl2N4OS/c1-11-10-25-20(26-11)19-18(16-4-3-14(22)9-17(16)23)27-21(29-19)13-5-6-24-15(8-13)7-12(2)28/h3-6,8-10H,7H2,1-2H3,(H,25,26). The molecule has 0 aliphatic heterocycles. The van der Waals surface area contributed by atoms with E-state index >= 15 is 0 Å². The summed E-state index contributed by atoms with van der Waals surface area (Å²) in [7, 11) is 0. The molecule has 1 aromatic carbocycles. The highest BCUT2D eigenvalue weighted by atomic mass is 35.5. The largest absolute Gasteiger partial charge is 0.341 e. The lowest BCUT2D eigenvalue weighted by Gasteiger charge is -2.04. The molecule has 0 aliphatic carbocycles. The first-order chi connectivity index (χ1) is 13.9. The van der Waals surface area contributed by atoms with Crippen molar-refractivity contribution in [2.24, 2.45) is 0 Å². The molecular weight excluding hydrogens is 427 g/mol. The lowest BCUT2D eigenvalue weighted by molar-refractivity contribution is -0.116. The van der Waals surface area contributed by atoms with Gasteiger partial charge in [-0.2, -0.15) is 0 Å². The van der Waals surface area contributed by atoms with Crippen LogP contribution in [0.15, 0.2) is 42.7 Å². The Balaban J connectivity index is 1.87. The van der Waals surface area contributed by atoms with Crippen LogP contribution in [-0.4, -0.2) is 25.7 Å². The average Bonchev–Trinajstić information content (AvgIpc) is 3.28. The minimum atomic E-state index is 0.0640. The van der Waals surface area contributed by atoms with Crippen LogP contribution in [0.4, 0.5) is 0 Å². The van der Waals surface area contributed by atoms with Crippen molar-refractivity contribution >= 4 is 40.3 Å². The van der Waals surface area contributed by atoms with Gasteiger partial charge in [-0.3, -0.25) is 9.78 Å². The van der Waals surface area contributed by atoms with Gasteiger partial charge in [0.05, 0.1) is 15.6 Å². The molecule has 8 heteroatoms. The second kappa shape index (κ2) is 8.06. The maximum Gasteiger partial charge on any atom is 0.149 e. The number of aromatic amines is 1. The molecule has 0 bridgehead atoms. The number of pyridine rings is 1. The highest BCUT2D eigenvalue weighted by Crippen LogP contribution is 2.42. The molecule has 3 aromatic heterocycles. The molecular formula is C21H16Cl2N4OS. The molecule has 0 amide bonds. The van der Waals surface area contributed by atoms with Gasteiger partial charge in [-0.25, -0.2) is 9.97 Å². The van der Waals surface area contributed by atoms with Crippen molar-refractivity contribution in [1.29, 1.82) is 0 Å². The van der Waals surface area contributed by atoms with Crippen LogP contribution in [0.2, 0.25) is 10.0 Å². The second-order valence-electron chi connectivity index (χ2n) is 6.65. The lowest BCUT2D eigenvalue weighted by atomic mass is 10.1. The van der Waals surface area contributed by atoms with Crippen molar-refractivity contribution in [2.75, 3.05) is 0 Å². The molecule has 4 aromatic rings. The van der Waals surface area contributed by atoms with Crippen LogP contribution in [0.5, 0.6) is 0 Å². The van der Waals surface area contributed by atoms with E-state index in [0.717, 1.165) is 38.2 Å². The molecule has 29 heavy (non-hydrogen) atoms. The number of aromatic nitrogens is 4. The average molecular weight is 443 g/mol. The van der Waals surface area contributed by atoms with Gasteiger partial charge in [0.1, 0.15) is 16.6 Å². The van der Waals surface area contributed by atoms with Crippen molar-refractivity contribution < 1.29 is 4.79 Å². The van der Waals surface area contributed by atoms with Crippen molar-refractivity contribution in [3.05, 3.63) is 64.2 Å². The van der Waals surface area contributed by atoms with E-state index in [2.05, 4.69) is 15.0 Å². The molecule has 1 N–H and O–H groups in total. The lowest BCUT2D eigenvalue weighted by Crippen LogP contribution is -1.98. The monoisotopic (exact) mass is 442 g/mol. The topological polar surface area (TPSA) is 71.5 Å². The Morgan fingerprint density at radius 2 is 2.00 bits per heavy atom. The number of carbonyl (C=O) groups is 1. The number of H-pyrrole nitrogens is 1. The summed E-state index contributed by atoms with van der Waals surface area (Å²) in [6, 6.07) is 9.12. The molecule has 0 atom stereocenters. The summed E-state index contributed by atoms with van der Waals surface area (Å²) in [5, 5.41) is 1.88. The van der Waals surface area contributed by atoms with Gasteiger partial charge in [0.15, 0.2) is 0 Å². The Kier molecular flexibility index (Phi) is 5.50. The SMILES string of the molecule is CC(=O)Cc1cc(-c2nc(-c3ccc(Cl)cc3Cl)c(-c3ncc(C)[nH]3)s2)ccn1. The summed E-state index contributed by atoms with van der Waals surface area (Å²) in [6.45, 7) is 3.50. The quantitative estimate of drug-likeness (QED) is 0.410. The summed E-state index contributed by atoms with van der Waals surface area (Å²) >= 11 is 14.0. The van der Waals surface area contributed by atoms with Crippen molar-refractivity contribution in [1.82, 2.24) is 19.9 Å². The number of halogens is 2. The fourth-order valence-corrected chi connectivity index (χ4v) is 4.48. The number of hydrogen-bond donors (Lipinski definition) is 1. The van der Waals surface area contributed by atoms with E-state index < -0.39 is 0 Å². The molecule has 0 saturated carbocycles. The van der Waals surface area contributed by atoms with Gasteiger partial charge < -0.3 is 4.98 Å². The van der Waals surface area contributed by atoms with Gasteiger partial charge in [0.25, 0.3) is 0 Å². The van der Waals surface area contributed by atoms with Crippen LogP contribution >= 0.6 is 34.5 Å². The zero-order chi connectivity index (χ0) is 20.5. The van der Waals surface area contributed by atoms with Crippen LogP contribution in [0.25, 0.3) is 32.5 Å². The van der Waals surface area contributed by atoms with Crippen LogP contribution in [0.1, 0.15) is 18.3 Å². The molecule has 0 fully saturated rings. The van der Waals surface area contributed by atoms with E-state index in [9.17, 15) is 4.79 Å². The van der Waals surface area contributed by atoms with Crippen molar-refractivity contribution in [3.63, 3.8) is 0 Å². The molecule has 3 heterocycles. The first-order valence-corrected chi connectivity index (χ1v) is 10.4. The smallest absolute Gasteiger partial charge is 0.149 e. The fourth-order valence-electron chi connectivity index (χ4n) is 2.96. The van der Waals surface area contributed by atoms with Gasteiger partial charge in [-0.15, -0.1) is 11.3 Å². The number of imidazole rings is 1. The highest BCUT2D eigenvalue weighted by molar-refractivity contribution is 7.18. The fraction of sp³-hybridized carbons (Fsp3) is 0.143. The number of nitrogens with zero attached hydrogens (tertiary/aromatic N) is 3. The van der Waals surface area contributed by atoms with E-state index in [1.54, 1.807) is 31.5 Å². The van der Waals surface area contributed by atoms with Gasteiger partial charge in [-0.05, 0) is 44.2 Å². The van der Waals surface area contributed by atoms with Crippen molar-refractivity contribution in [2.45, 2.75) is 20.3 Å². The van der Waals surface area contributed by atoms with E-state index in [4.69, 9.17) is 28.2 Å². The first kappa shape index (κ1) is 19.8. The first-order valence-electron chi connectivity index (χ1n) is 8.83. The zero-order valence-electron chi connectivity index (χ0n) is 15.7. The third-order valence-corrected chi connectivity index (χ3v) is 5.88. The summed E-state index contributed by atoms with van der Waals surface area (Å²) in [5.74, 6) is 0.791. The molecule has 5 nitrogen and oxygen atoms in total. The Bertz CT molecular complexity index is 1220. The number of hydrogen-bond acceptors (Lipinski definition) is 5. The maximum atomic E-state index is 11.5. The minimum absolute atomic E-state index is 0.0640. The number of benzene rings is 1. The predicted octanol–water partition coefficient (Wildman–Crippen LogP) is 6.01. The van der Waals surface area contributed by atoms with Crippen LogP contribution in [0, 0.1) is 6.92 Å². The molecule has 146 valence electrons. The molecule has 0 unspecified atom stereocenters. The third kappa shape index (κ3) is 4.24. The molecule has 0 aliphatic rings. The molecule has 4 rings (SSSR count). The number of ketones is 1. The van der Waals surface area contributed by atoms with Gasteiger partial charge in [0, 0.05) is 46.4 Å². The molecule has 0 spiro atoms. The van der Waals surface area contributed by atoms with E-state index in [1.165, 1.54) is 11.3 Å². The number of carbonyl (C=O) groups excluding carboxylic acids is 1. The maximum absolute atomic E-state index is 11.5.